The number of amides is 1. The van der Waals surface area contributed by atoms with Crippen molar-refractivity contribution in [1.82, 2.24) is 10.2 Å². The van der Waals surface area contributed by atoms with Crippen molar-refractivity contribution in [2.45, 2.75) is 24.5 Å². The summed E-state index contributed by atoms with van der Waals surface area (Å²) in [4.78, 5) is 16.3. The van der Waals surface area contributed by atoms with Gasteiger partial charge in [-0.15, -0.1) is 35.5 Å². The lowest BCUT2D eigenvalue weighted by Gasteiger charge is -2.35. The smallest absolute Gasteiger partial charge is 0.240 e. The Hall–Kier alpha value is -0.230. The molecule has 0 spiro atoms. The molecule has 1 aromatic rings. The van der Waals surface area contributed by atoms with E-state index < -0.39 is 0 Å². The molecule has 0 saturated carbocycles. The number of likely N-dealkylation sites (tertiary alicyclic amines) is 1. The van der Waals surface area contributed by atoms with Crippen LogP contribution in [0.4, 0.5) is 0 Å². The number of carbonyl (C=O) groups excluding carboxylic acids is 1. The summed E-state index contributed by atoms with van der Waals surface area (Å²) in [5, 5.41) is 5.44. The molecule has 1 atom stereocenters. The first-order chi connectivity index (χ1) is 9.79. The fourth-order valence-corrected chi connectivity index (χ4v) is 5.54. The molecule has 1 N–H and O–H groups in total. The van der Waals surface area contributed by atoms with Crippen molar-refractivity contribution in [2.75, 3.05) is 32.4 Å². The summed E-state index contributed by atoms with van der Waals surface area (Å²) >= 11 is 3.63. The highest BCUT2D eigenvalue weighted by atomic mass is 35.5. The lowest BCUT2D eigenvalue weighted by Crippen LogP contribution is -2.42. The molecule has 2 aliphatic heterocycles. The van der Waals surface area contributed by atoms with Gasteiger partial charge in [-0.1, -0.05) is 0 Å². The molecule has 21 heavy (non-hydrogen) atoms. The van der Waals surface area contributed by atoms with Gasteiger partial charge in [0.15, 0.2) is 0 Å². The second-order valence-electron chi connectivity index (χ2n) is 5.63. The Morgan fingerprint density at radius 1 is 1.43 bits per heavy atom. The van der Waals surface area contributed by atoms with Gasteiger partial charge in [0.05, 0.1) is 0 Å². The van der Waals surface area contributed by atoms with Crippen LogP contribution in [0.5, 0.6) is 0 Å². The van der Waals surface area contributed by atoms with E-state index in [1.54, 1.807) is 0 Å². The van der Waals surface area contributed by atoms with E-state index in [0.717, 1.165) is 50.6 Å². The topological polar surface area (TPSA) is 32.3 Å². The second-order valence-corrected chi connectivity index (χ2v) is 7.84. The van der Waals surface area contributed by atoms with Crippen molar-refractivity contribution in [3.63, 3.8) is 0 Å². The summed E-state index contributed by atoms with van der Waals surface area (Å²) < 4.78 is 0. The summed E-state index contributed by atoms with van der Waals surface area (Å²) in [5.74, 6) is 2.16. The van der Waals surface area contributed by atoms with Crippen molar-refractivity contribution in [1.29, 1.82) is 0 Å². The lowest BCUT2D eigenvalue weighted by atomic mass is 9.96. The predicted octanol–water partition coefficient (Wildman–Crippen LogP) is 2.96. The fourth-order valence-electron chi connectivity index (χ4n) is 3.16. The Kier molecular flexibility index (Phi) is 6.41. The third kappa shape index (κ3) is 3.76. The van der Waals surface area contributed by atoms with E-state index in [4.69, 9.17) is 0 Å². The Bertz CT molecular complexity index is 472. The molecule has 1 fully saturated rings. The monoisotopic (exact) mass is 346 g/mol. The van der Waals surface area contributed by atoms with E-state index >= 15 is 0 Å². The molecule has 3 nitrogen and oxygen atoms in total. The number of nitrogens with one attached hydrogen (secondary N) is 1. The van der Waals surface area contributed by atoms with E-state index in [-0.39, 0.29) is 17.7 Å². The largest absolute Gasteiger partial charge is 0.341 e. The molecule has 0 radical (unpaired) electrons. The molecule has 118 valence electrons. The average Bonchev–Trinajstić information content (AvgIpc) is 2.96. The van der Waals surface area contributed by atoms with Crippen LogP contribution in [0.15, 0.2) is 11.4 Å². The number of thiophene rings is 1. The second kappa shape index (κ2) is 7.86. The summed E-state index contributed by atoms with van der Waals surface area (Å²) in [6.07, 6.45) is 3.41. The Morgan fingerprint density at radius 3 is 2.90 bits per heavy atom. The highest BCUT2D eigenvalue weighted by Crippen LogP contribution is 2.40. The maximum absolute atomic E-state index is 12.8. The molecule has 1 unspecified atom stereocenters. The number of nitrogens with zero attached hydrogens (tertiary/aromatic N) is 1. The van der Waals surface area contributed by atoms with Crippen LogP contribution in [-0.4, -0.2) is 43.2 Å². The zero-order valence-electron chi connectivity index (χ0n) is 12.3. The molecule has 6 heteroatoms. The zero-order chi connectivity index (χ0) is 13.9. The third-order valence-electron chi connectivity index (χ3n) is 4.32. The van der Waals surface area contributed by atoms with Crippen LogP contribution in [-0.2, 0) is 11.2 Å². The number of rotatable bonds is 3. The molecule has 0 aromatic carbocycles. The van der Waals surface area contributed by atoms with Crippen LogP contribution >= 0.6 is 35.5 Å². The molecular formula is C15H23ClN2OS2. The lowest BCUT2D eigenvalue weighted by molar-refractivity contribution is -0.132. The summed E-state index contributed by atoms with van der Waals surface area (Å²) in [7, 11) is 2.01. The molecule has 3 rings (SSSR count). The van der Waals surface area contributed by atoms with Gasteiger partial charge in [0.2, 0.25) is 5.91 Å². The fraction of sp³-hybridized carbons (Fsp3) is 0.667. The van der Waals surface area contributed by atoms with Gasteiger partial charge in [0.25, 0.3) is 0 Å². The van der Waals surface area contributed by atoms with Gasteiger partial charge < -0.3 is 10.2 Å². The number of hydrogen-bond donors (Lipinski definition) is 1. The van der Waals surface area contributed by atoms with E-state index in [1.165, 1.54) is 10.4 Å². The van der Waals surface area contributed by atoms with Gasteiger partial charge in [-0.3, -0.25) is 4.79 Å². The predicted molar refractivity (Wildman–Crippen MR) is 93.7 cm³/mol. The summed E-state index contributed by atoms with van der Waals surface area (Å²) in [6, 6.07) is 2.16. The van der Waals surface area contributed by atoms with Crippen molar-refractivity contribution in [2.24, 2.45) is 5.92 Å². The average molecular weight is 347 g/mol. The van der Waals surface area contributed by atoms with Crippen LogP contribution < -0.4 is 5.32 Å². The minimum absolute atomic E-state index is 0. The van der Waals surface area contributed by atoms with Crippen molar-refractivity contribution in [3.05, 3.63) is 21.9 Å². The highest BCUT2D eigenvalue weighted by molar-refractivity contribution is 8.00. The molecular weight excluding hydrogens is 324 g/mol. The Balaban J connectivity index is 0.00000161. The summed E-state index contributed by atoms with van der Waals surface area (Å²) in [5.41, 5.74) is 1.29. The number of aryl methyl sites for hydroxylation is 1. The van der Waals surface area contributed by atoms with Gasteiger partial charge in [-0.2, -0.15) is 0 Å². The molecule has 0 bridgehead atoms. The number of piperidine rings is 1. The zero-order valence-corrected chi connectivity index (χ0v) is 14.8. The van der Waals surface area contributed by atoms with Crippen LogP contribution in [0.1, 0.15) is 28.5 Å². The van der Waals surface area contributed by atoms with Gasteiger partial charge >= 0.3 is 0 Å². The molecule has 1 aromatic heterocycles. The van der Waals surface area contributed by atoms with Crippen LogP contribution in [0.3, 0.4) is 0 Å². The first-order valence-corrected chi connectivity index (χ1v) is 9.33. The van der Waals surface area contributed by atoms with E-state index in [9.17, 15) is 4.79 Å². The molecule has 1 saturated heterocycles. The van der Waals surface area contributed by atoms with E-state index in [1.807, 2.05) is 30.1 Å². The Morgan fingerprint density at radius 2 is 2.19 bits per heavy atom. The first-order valence-electron chi connectivity index (χ1n) is 7.41. The molecule has 0 aliphatic carbocycles. The maximum Gasteiger partial charge on any atom is 0.240 e. The van der Waals surface area contributed by atoms with Crippen LogP contribution in [0, 0.1) is 5.92 Å². The minimum atomic E-state index is 0. The van der Waals surface area contributed by atoms with E-state index in [0.29, 0.717) is 5.91 Å². The minimum Gasteiger partial charge on any atom is -0.341 e. The molecule has 2 aliphatic rings. The number of carbonyl (C=O) groups is 1. The highest BCUT2D eigenvalue weighted by Gasteiger charge is 2.32. The van der Waals surface area contributed by atoms with Crippen LogP contribution in [0.2, 0.25) is 0 Å². The van der Waals surface area contributed by atoms with Crippen molar-refractivity contribution in [3.8, 4) is 0 Å². The molecule has 1 amide bonds. The maximum atomic E-state index is 12.8. The van der Waals surface area contributed by atoms with Gasteiger partial charge in [-0.25, -0.2) is 0 Å². The quantitative estimate of drug-likeness (QED) is 0.913. The summed E-state index contributed by atoms with van der Waals surface area (Å²) in [6.45, 7) is 2.94. The van der Waals surface area contributed by atoms with Crippen LogP contribution in [0.25, 0.3) is 0 Å². The normalized spacial score (nSPS) is 22.5. The van der Waals surface area contributed by atoms with Gasteiger partial charge in [0.1, 0.15) is 5.25 Å². The number of hydrogen-bond acceptors (Lipinski definition) is 4. The van der Waals surface area contributed by atoms with Crippen molar-refractivity contribution < 1.29 is 4.79 Å². The number of thioether (sulfide) groups is 1. The SMILES string of the molecule is CNCC1CCN(C(=O)C2SCCc3sccc32)CC1.Cl. The van der Waals surface area contributed by atoms with Crippen molar-refractivity contribution >= 4 is 41.4 Å². The Labute approximate surface area is 141 Å². The van der Waals surface area contributed by atoms with Gasteiger partial charge in [0, 0.05) is 18.0 Å². The first kappa shape index (κ1) is 17.1. The standard InChI is InChI=1S/C15H22N2OS2.ClH/c1-16-10-11-2-6-17(7-3-11)15(18)14-12-4-8-19-13(12)5-9-20-14;/h4,8,11,14,16H,2-3,5-7,9-10H2,1H3;1H. The third-order valence-corrected chi connectivity index (χ3v) is 6.54. The van der Waals surface area contributed by atoms with Gasteiger partial charge in [-0.05, 0) is 61.5 Å². The number of fused-ring (bicyclic) bond motifs is 1. The molecule has 3 heterocycles. The van der Waals surface area contributed by atoms with E-state index in [2.05, 4.69) is 21.7 Å². The number of halogens is 1.